The van der Waals surface area contributed by atoms with Crippen molar-refractivity contribution in [3.8, 4) is 0 Å². The SMILES string of the molecule is CSc1ccc(C(c2ccccn2)N2CCCNCC2)cc1. The van der Waals surface area contributed by atoms with Crippen LogP contribution in [-0.2, 0) is 0 Å². The molecule has 1 aromatic heterocycles. The predicted octanol–water partition coefficient (Wildman–Crippen LogP) is 3.19. The second-order valence-electron chi connectivity index (χ2n) is 5.57. The highest BCUT2D eigenvalue weighted by molar-refractivity contribution is 7.98. The summed E-state index contributed by atoms with van der Waals surface area (Å²) in [6, 6.07) is 15.4. The van der Waals surface area contributed by atoms with Crippen LogP contribution in [0.3, 0.4) is 0 Å². The van der Waals surface area contributed by atoms with Crippen LogP contribution >= 0.6 is 11.8 Å². The molecule has 1 aliphatic heterocycles. The van der Waals surface area contributed by atoms with Crippen molar-refractivity contribution in [3.63, 3.8) is 0 Å². The standard InChI is InChI=1S/C18H23N3S/c1-22-16-8-6-15(7-9-16)18(17-5-2-3-11-20-17)21-13-4-10-19-12-14-21/h2-3,5-9,11,18-19H,4,10,12-14H2,1H3. The molecule has 0 radical (unpaired) electrons. The van der Waals surface area contributed by atoms with Gasteiger partial charge in [0.05, 0.1) is 11.7 Å². The van der Waals surface area contributed by atoms with E-state index in [4.69, 9.17) is 0 Å². The zero-order valence-corrected chi connectivity index (χ0v) is 13.9. The molecule has 3 nitrogen and oxygen atoms in total. The molecule has 4 heteroatoms. The summed E-state index contributed by atoms with van der Waals surface area (Å²) in [5.74, 6) is 0. The fourth-order valence-corrected chi connectivity index (χ4v) is 3.43. The molecule has 0 amide bonds. The van der Waals surface area contributed by atoms with E-state index in [0.717, 1.165) is 31.9 Å². The van der Waals surface area contributed by atoms with Crippen molar-refractivity contribution in [2.24, 2.45) is 0 Å². The van der Waals surface area contributed by atoms with E-state index in [1.807, 2.05) is 12.3 Å². The monoisotopic (exact) mass is 313 g/mol. The van der Waals surface area contributed by atoms with Gasteiger partial charge < -0.3 is 5.32 Å². The van der Waals surface area contributed by atoms with Crippen LogP contribution in [-0.4, -0.2) is 42.3 Å². The zero-order valence-electron chi connectivity index (χ0n) is 13.0. The molecular weight excluding hydrogens is 290 g/mol. The summed E-state index contributed by atoms with van der Waals surface area (Å²) in [7, 11) is 0. The van der Waals surface area contributed by atoms with Gasteiger partial charge >= 0.3 is 0 Å². The van der Waals surface area contributed by atoms with Crippen molar-refractivity contribution in [1.29, 1.82) is 0 Å². The van der Waals surface area contributed by atoms with Crippen LogP contribution in [0.5, 0.6) is 0 Å². The lowest BCUT2D eigenvalue weighted by molar-refractivity contribution is 0.237. The van der Waals surface area contributed by atoms with Crippen molar-refractivity contribution in [2.75, 3.05) is 32.4 Å². The Morgan fingerprint density at radius 3 is 2.68 bits per heavy atom. The number of aromatic nitrogens is 1. The minimum absolute atomic E-state index is 0.247. The first-order valence-electron chi connectivity index (χ1n) is 7.88. The highest BCUT2D eigenvalue weighted by Crippen LogP contribution is 2.29. The Balaban J connectivity index is 1.94. The summed E-state index contributed by atoms with van der Waals surface area (Å²) in [6.45, 7) is 4.33. The number of thioether (sulfide) groups is 1. The molecule has 0 aliphatic carbocycles. The van der Waals surface area contributed by atoms with Crippen LogP contribution in [0.1, 0.15) is 23.7 Å². The maximum atomic E-state index is 4.64. The first-order chi connectivity index (χ1) is 10.9. The Bertz CT molecular complexity index is 563. The average molecular weight is 313 g/mol. The van der Waals surface area contributed by atoms with Gasteiger partial charge in [-0.2, -0.15) is 0 Å². The Hall–Kier alpha value is -1.36. The molecule has 1 N–H and O–H groups in total. The normalized spacial score (nSPS) is 17.9. The van der Waals surface area contributed by atoms with Gasteiger partial charge in [-0.3, -0.25) is 9.88 Å². The molecule has 1 unspecified atom stereocenters. The van der Waals surface area contributed by atoms with Crippen molar-refractivity contribution in [3.05, 3.63) is 59.9 Å². The summed E-state index contributed by atoms with van der Waals surface area (Å²) in [5.41, 5.74) is 2.47. The summed E-state index contributed by atoms with van der Waals surface area (Å²) >= 11 is 1.78. The van der Waals surface area contributed by atoms with Gasteiger partial charge in [-0.15, -0.1) is 11.8 Å². The molecule has 1 saturated heterocycles. The van der Waals surface area contributed by atoms with Gasteiger partial charge in [0.1, 0.15) is 0 Å². The maximum absolute atomic E-state index is 4.64. The molecule has 0 spiro atoms. The molecule has 3 rings (SSSR count). The van der Waals surface area contributed by atoms with Gasteiger partial charge in [-0.05, 0) is 49.1 Å². The van der Waals surface area contributed by atoms with Crippen molar-refractivity contribution in [1.82, 2.24) is 15.2 Å². The third-order valence-electron chi connectivity index (χ3n) is 4.14. The molecule has 1 atom stereocenters. The number of hydrogen-bond donors (Lipinski definition) is 1. The van der Waals surface area contributed by atoms with Crippen LogP contribution in [0, 0.1) is 0 Å². The molecule has 22 heavy (non-hydrogen) atoms. The Morgan fingerprint density at radius 1 is 1.09 bits per heavy atom. The fraction of sp³-hybridized carbons (Fsp3) is 0.389. The zero-order chi connectivity index (χ0) is 15.2. The number of nitrogens with one attached hydrogen (secondary N) is 1. The van der Waals surface area contributed by atoms with Crippen LogP contribution in [0.4, 0.5) is 0 Å². The molecule has 116 valence electrons. The summed E-state index contributed by atoms with van der Waals surface area (Å²) < 4.78 is 0. The second-order valence-corrected chi connectivity index (χ2v) is 6.45. The molecular formula is C18H23N3S. The van der Waals surface area contributed by atoms with Crippen LogP contribution < -0.4 is 5.32 Å². The fourth-order valence-electron chi connectivity index (χ4n) is 3.02. The molecule has 1 aliphatic rings. The number of rotatable bonds is 4. The summed E-state index contributed by atoms with van der Waals surface area (Å²) in [6.07, 6.45) is 5.20. The second kappa shape index (κ2) is 7.77. The number of pyridine rings is 1. The maximum Gasteiger partial charge on any atom is 0.0776 e. The first-order valence-corrected chi connectivity index (χ1v) is 9.10. The van der Waals surface area contributed by atoms with Crippen LogP contribution in [0.15, 0.2) is 53.6 Å². The van der Waals surface area contributed by atoms with E-state index >= 15 is 0 Å². The number of nitrogens with zero attached hydrogens (tertiary/aromatic N) is 2. The van der Waals surface area contributed by atoms with E-state index in [2.05, 4.69) is 57.9 Å². The molecule has 0 bridgehead atoms. The smallest absolute Gasteiger partial charge is 0.0776 e. The quantitative estimate of drug-likeness (QED) is 0.878. The lowest BCUT2D eigenvalue weighted by Crippen LogP contribution is -2.33. The third-order valence-corrected chi connectivity index (χ3v) is 4.88. The van der Waals surface area contributed by atoms with Gasteiger partial charge in [0, 0.05) is 30.7 Å². The van der Waals surface area contributed by atoms with Crippen molar-refractivity contribution >= 4 is 11.8 Å². The topological polar surface area (TPSA) is 28.2 Å². The Labute approximate surface area is 137 Å². The van der Waals surface area contributed by atoms with E-state index in [9.17, 15) is 0 Å². The minimum Gasteiger partial charge on any atom is -0.315 e. The van der Waals surface area contributed by atoms with E-state index in [-0.39, 0.29) is 6.04 Å². The van der Waals surface area contributed by atoms with Gasteiger partial charge in [0.25, 0.3) is 0 Å². The summed E-state index contributed by atoms with van der Waals surface area (Å²) in [5, 5.41) is 3.49. The lowest BCUT2D eigenvalue weighted by atomic mass is 10.0. The Morgan fingerprint density at radius 2 is 1.95 bits per heavy atom. The highest BCUT2D eigenvalue weighted by Gasteiger charge is 2.24. The van der Waals surface area contributed by atoms with E-state index in [1.165, 1.54) is 16.9 Å². The minimum atomic E-state index is 0.247. The number of benzene rings is 1. The largest absolute Gasteiger partial charge is 0.315 e. The highest BCUT2D eigenvalue weighted by atomic mass is 32.2. The van der Waals surface area contributed by atoms with E-state index in [0.29, 0.717) is 0 Å². The lowest BCUT2D eigenvalue weighted by Gasteiger charge is -2.30. The summed E-state index contributed by atoms with van der Waals surface area (Å²) in [4.78, 5) is 8.50. The van der Waals surface area contributed by atoms with Crippen molar-refractivity contribution < 1.29 is 0 Å². The van der Waals surface area contributed by atoms with Crippen molar-refractivity contribution in [2.45, 2.75) is 17.4 Å². The van der Waals surface area contributed by atoms with Crippen LogP contribution in [0.2, 0.25) is 0 Å². The first kappa shape index (κ1) is 15.5. The molecule has 2 heterocycles. The molecule has 1 fully saturated rings. The molecule has 1 aromatic carbocycles. The van der Waals surface area contributed by atoms with Gasteiger partial charge in [-0.25, -0.2) is 0 Å². The molecule has 0 saturated carbocycles. The average Bonchev–Trinajstić information content (AvgIpc) is 2.86. The van der Waals surface area contributed by atoms with Gasteiger partial charge in [0.15, 0.2) is 0 Å². The third kappa shape index (κ3) is 3.69. The van der Waals surface area contributed by atoms with Crippen LogP contribution in [0.25, 0.3) is 0 Å². The van der Waals surface area contributed by atoms with E-state index in [1.54, 1.807) is 11.8 Å². The number of hydrogen-bond acceptors (Lipinski definition) is 4. The predicted molar refractivity (Wildman–Crippen MR) is 93.4 cm³/mol. The Kier molecular flexibility index (Phi) is 5.48. The molecule has 2 aromatic rings. The van der Waals surface area contributed by atoms with E-state index < -0.39 is 0 Å². The van der Waals surface area contributed by atoms with Gasteiger partial charge in [-0.1, -0.05) is 18.2 Å². The van der Waals surface area contributed by atoms with Gasteiger partial charge in [0.2, 0.25) is 0 Å².